The molecular formula is C14H20N2O3. The van der Waals surface area contributed by atoms with Gasteiger partial charge in [-0.1, -0.05) is 18.2 Å². The zero-order chi connectivity index (χ0) is 13.7. The van der Waals surface area contributed by atoms with Gasteiger partial charge in [0.1, 0.15) is 0 Å². The van der Waals surface area contributed by atoms with E-state index in [4.69, 9.17) is 5.11 Å². The van der Waals surface area contributed by atoms with Gasteiger partial charge in [0.25, 0.3) is 0 Å². The molecule has 0 spiro atoms. The van der Waals surface area contributed by atoms with Crippen molar-refractivity contribution in [2.24, 2.45) is 0 Å². The van der Waals surface area contributed by atoms with Crippen LogP contribution in [-0.4, -0.2) is 46.4 Å². The summed E-state index contributed by atoms with van der Waals surface area (Å²) in [6.07, 6.45) is 0.884. The molecule has 1 amide bonds. The third-order valence-electron chi connectivity index (χ3n) is 3.58. The van der Waals surface area contributed by atoms with E-state index in [0.29, 0.717) is 38.9 Å². The largest absolute Gasteiger partial charge is 0.465 e. The monoisotopic (exact) mass is 264 g/mol. The lowest BCUT2D eigenvalue weighted by atomic mass is 9.95. The topological polar surface area (TPSA) is 72.8 Å². The molecule has 19 heavy (non-hydrogen) atoms. The molecule has 1 aliphatic heterocycles. The number of hydrogen-bond acceptors (Lipinski definition) is 3. The molecule has 5 nitrogen and oxygen atoms in total. The molecule has 1 fully saturated rings. The van der Waals surface area contributed by atoms with E-state index in [-0.39, 0.29) is 0 Å². The molecule has 2 rings (SSSR count). The highest BCUT2D eigenvalue weighted by atomic mass is 16.4. The molecular weight excluding hydrogens is 244 g/mol. The lowest BCUT2D eigenvalue weighted by molar-refractivity contribution is 0.0387. The molecule has 0 radical (unpaired) electrons. The van der Waals surface area contributed by atoms with Gasteiger partial charge in [-0.2, -0.15) is 0 Å². The minimum atomic E-state index is -0.903. The third-order valence-corrected chi connectivity index (χ3v) is 3.58. The van der Waals surface area contributed by atoms with Crippen molar-refractivity contribution >= 4 is 11.8 Å². The number of hydrogen-bond donors (Lipinski definition) is 3. The predicted octanol–water partition coefficient (Wildman–Crippen LogP) is 1.99. The van der Waals surface area contributed by atoms with Gasteiger partial charge in [0.05, 0.1) is 5.60 Å². The van der Waals surface area contributed by atoms with Crippen LogP contribution in [0, 0.1) is 0 Å². The van der Waals surface area contributed by atoms with Gasteiger partial charge in [-0.05, 0) is 31.4 Å². The minimum absolute atomic E-state index is 0.391. The molecule has 1 aliphatic rings. The van der Waals surface area contributed by atoms with Crippen molar-refractivity contribution in [3.63, 3.8) is 0 Å². The van der Waals surface area contributed by atoms with Gasteiger partial charge in [-0.15, -0.1) is 0 Å². The molecule has 104 valence electrons. The molecule has 1 unspecified atom stereocenters. The SMILES string of the molecule is O=C(O)N1CCCC(O)(CNc2ccccc2)CC1. The molecule has 3 N–H and O–H groups in total. The van der Waals surface area contributed by atoms with Crippen LogP contribution >= 0.6 is 0 Å². The highest BCUT2D eigenvalue weighted by molar-refractivity contribution is 5.64. The Kier molecular flexibility index (Phi) is 4.27. The number of carboxylic acid groups (broad SMARTS) is 1. The van der Waals surface area contributed by atoms with Gasteiger partial charge in [0, 0.05) is 25.3 Å². The average Bonchev–Trinajstić information content (AvgIpc) is 2.61. The molecule has 1 aromatic rings. The van der Waals surface area contributed by atoms with Crippen LogP contribution in [0.2, 0.25) is 0 Å². The summed E-state index contributed by atoms with van der Waals surface area (Å²) in [6.45, 7) is 1.34. The first-order chi connectivity index (χ1) is 9.09. The summed E-state index contributed by atoms with van der Waals surface area (Å²) in [6, 6.07) is 9.71. The molecule has 0 aromatic heterocycles. The maximum atomic E-state index is 10.9. The Labute approximate surface area is 112 Å². The first kappa shape index (κ1) is 13.7. The molecule has 5 heteroatoms. The minimum Gasteiger partial charge on any atom is -0.465 e. The van der Waals surface area contributed by atoms with E-state index in [2.05, 4.69) is 5.32 Å². The second-order valence-corrected chi connectivity index (χ2v) is 5.07. The Bertz CT molecular complexity index is 424. The summed E-state index contributed by atoms with van der Waals surface area (Å²) in [5.41, 5.74) is 0.135. The van der Waals surface area contributed by atoms with Crippen molar-refractivity contribution in [3.05, 3.63) is 30.3 Å². The molecule has 0 saturated carbocycles. The number of benzene rings is 1. The predicted molar refractivity (Wildman–Crippen MR) is 73.3 cm³/mol. The van der Waals surface area contributed by atoms with E-state index in [1.165, 1.54) is 4.90 Å². The fraction of sp³-hybridized carbons (Fsp3) is 0.500. The highest BCUT2D eigenvalue weighted by Gasteiger charge is 2.31. The number of carbonyl (C=O) groups is 1. The van der Waals surface area contributed by atoms with E-state index in [1.807, 2.05) is 30.3 Å². The first-order valence-corrected chi connectivity index (χ1v) is 6.58. The molecule has 1 aromatic carbocycles. The average molecular weight is 264 g/mol. The van der Waals surface area contributed by atoms with Crippen molar-refractivity contribution in [1.29, 1.82) is 0 Å². The Morgan fingerprint density at radius 2 is 2.00 bits per heavy atom. The van der Waals surface area contributed by atoms with Crippen molar-refractivity contribution < 1.29 is 15.0 Å². The summed E-state index contributed by atoms with van der Waals surface area (Å²) in [5.74, 6) is 0. The van der Waals surface area contributed by atoms with Crippen molar-refractivity contribution in [1.82, 2.24) is 4.90 Å². The lowest BCUT2D eigenvalue weighted by Gasteiger charge is -2.27. The number of amides is 1. The van der Waals surface area contributed by atoms with Crippen LogP contribution in [-0.2, 0) is 0 Å². The van der Waals surface area contributed by atoms with Gasteiger partial charge in [0.2, 0.25) is 0 Å². The van der Waals surface area contributed by atoms with E-state index in [9.17, 15) is 9.90 Å². The summed E-state index contributed by atoms with van der Waals surface area (Å²) < 4.78 is 0. The van der Waals surface area contributed by atoms with Gasteiger partial charge < -0.3 is 20.4 Å². The maximum absolute atomic E-state index is 10.9. The summed E-state index contributed by atoms with van der Waals surface area (Å²) in [7, 11) is 0. The highest BCUT2D eigenvalue weighted by Crippen LogP contribution is 2.23. The van der Waals surface area contributed by atoms with Crippen LogP contribution in [0.15, 0.2) is 30.3 Å². The van der Waals surface area contributed by atoms with Crippen LogP contribution in [0.25, 0.3) is 0 Å². The first-order valence-electron chi connectivity index (χ1n) is 6.58. The van der Waals surface area contributed by atoms with E-state index < -0.39 is 11.7 Å². The summed E-state index contributed by atoms with van der Waals surface area (Å²) in [4.78, 5) is 12.3. The summed E-state index contributed by atoms with van der Waals surface area (Å²) >= 11 is 0. The maximum Gasteiger partial charge on any atom is 0.407 e. The van der Waals surface area contributed by atoms with Crippen LogP contribution in [0.5, 0.6) is 0 Å². The Morgan fingerprint density at radius 3 is 2.68 bits per heavy atom. The molecule has 1 saturated heterocycles. The number of para-hydroxylation sites is 1. The number of aliphatic hydroxyl groups is 1. The van der Waals surface area contributed by atoms with Gasteiger partial charge in [0.15, 0.2) is 0 Å². The van der Waals surface area contributed by atoms with E-state index in [0.717, 1.165) is 5.69 Å². The fourth-order valence-corrected chi connectivity index (χ4v) is 2.37. The lowest BCUT2D eigenvalue weighted by Crippen LogP contribution is -2.38. The zero-order valence-electron chi connectivity index (χ0n) is 10.9. The number of likely N-dealkylation sites (tertiary alicyclic amines) is 1. The van der Waals surface area contributed by atoms with Crippen LogP contribution in [0.3, 0.4) is 0 Å². The Morgan fingerprint density at radius 1 is 1.26 bits per heavy atom. The van der Waals surface area contributed by atoms with Crippen LogP contribution in [0.4, 0.5) is 10.5 Å². The smallest absolute Gasteiger partial charge is 0.407 e. The summed E-state index contributed by atoms with van der Waals surface area (Å²) in [5, 5.41) is 22.7. The van der Waals surface area contributed by atoms with Crippen LogP contribution < -0.4 is 5.32 Å². The number of nitrogens with zero attached hydrogens (tertiary/aromatic N) is 1. The quantitative estimate of drug-likeness (QED) is 0.780. The number of anilines is 1. The number of nitrogens with one attached hydrogen (secondary N) is 1. The fourth-order valence-electron chi connectivity index (χ4n) is 2.37. The standard InChI is InChI=1S/C14H20N2O3/c17-13(18)16-9-4-7-14(19,8-10-16)11-15-12-5-2-1-3-6-12/h1-3,5-6,15,19H,4,7-11H2,(H,17,18). The van der Waals surface area contributed by atoms with E-state index in [1.54, 1.807) is 0 Å². The Hall–Kier alpha value is -1.75. The number of rotatable bonds is 3. The van der Waals surface area contributed by atoms with Gasteiger partial charge in [-0.3, -0.25) is 0 Å². The molecule has 0 bridgehead atoms. The van der Waals surface area contributed by atoms with Crippen molar-refractivity contribution in [2.75, 3.05) is 25.0 Å². The van der Waals surface area contributed by atoms with Crippen molar-refractivity contribution in [3.8, 4) is 0 Å². The zero-order valence-corrected chi connectivity index (χ0v) is 10.9. The molecule has 1 atom stereocenters. The van der Waals surface area contributed by atoms with Gasteiger partial charge >= 0.3 is 6.09 Å². The van der Waals surface area contributed by atoms with Crippen LogP contribution in [0.1, 0.15) is 19.3 Å². The molecule has 0 aliphatic carbocycles. The Balaban J connectivity index is 1.90. The van der Waals surface area contributed by atoms with Gasteiger partial charge in [-0.25, -0.2) is 4.79 Å². The normalized spacial score (nSPS) is 23.7. The third kappa shape index (κ3) is 3.86. The second-order valence-electron chi connectivity index (χ2n) is 5.07. The second kappa shape index (κ2) is 5.93. The van der Waals surface area contributed by atoms with Crippen molar-refractivity contribution in [2.45, 2.75) is 24.9 Å². The van der Waals surface area contributed by atoms with E-state index >= 15 is 0 Å². The molecule has 1 heterocycles.